The van der Waals surface area contributed by atoms with E-state index in [2.05, 4.69) is 42.5 Å². The van der Waals surface area contributed by atoms with Gasteiger partial charge in [-0.15, -0.1) is 0 Å². The third-order valence-electron chi connectivity index (χ3n) is 11.4. The summed E-state index contributed by atoms with van der Waals surface area (Å²) in [5.74, 6) is -13.9. The van der Waals surface area contributed by atoms with Crippen LogP contribution in [0, 0.1) is 23.7 Å². The number of aliphatic carboxylic acids is 3. The minimum Gasteiger partial charge on any atom is -0.481 e. The Morgan fingerprint density at radius 3 is 1.33 bits per heavy atom. The number of carbonyl (C=O) groups is 11. The first kappa shape index (κ1) is 64.3. The molecule has 16 N–H and O–H groups in total. The number of carboxylic acid groups (broad SMARTS) is 3. The van der Waals surface area contributed by atoms with E-state index in [4.69, 9.17) is 11.5 Å². The number of nitrogens with one attached hydrogen (secondary N) is 8. The highest BCUT2D eigenvalue weighted by Crippen LogP contribution is 2.13. The standard InChI is InChI=1S/C48H78N10O15/c1-24(2)20-29(50)40(64)51-30(16-12-13-19-49)41(65)52-31(17-18-35(60)61)42(66)56-37(25(3)4)46(70)54-33(22-36(62)63)44(68)58-38(26(5)6)45(69)53-32(21-28-14-10-9-11-15-28)43(67)57-39(27(7)8)47(71)55-34(23-59)48(72)73/h9-11,14-15,24-27,29-34,37-39,59H,12-13,16-23,49-50H2,1-8H3,(H,51,64)(H,52,65)(H,53,69)(H,54,70)(H,55,71)(H,56,66)(H,57,67)(H,58,68)(H,60,61)(H,62,63)(H,72,73)/t29-,30-,31-,32-,33-,34-,37-,38-,39-/m0/s1. The number of amides is 8. The van der Waals surface area contributed by atoms with Crippen LogP contribution in [-0.2, 0) is 59.2 Å². The van der Waals surface area contributed by atoms with E-state index in [1.807, 2.05) is 13.8 Å². The predicted molar refractivity (Wildman–Crippen MR) is 264 cm³/mol. The highest BCUT2D eigenvalue weighted by molar-refractivity contribution is 5.99. The second-order valence-corrected chi connectivity index (χ2v) is 19.3. The lowest BCUT2D eigenvalue weighted by molar-refractivity contribution is -0.144. The topological polar surface area (TPSA) is 417 Å². The Labute approximate surface area is 425 Å². The molecule has 25 heteroatoms. The van der Waals surface area contributed by atoms with Crippen LogP contribution in [0.4, 0.5) is 0 Å². The molecule has 0 saturated heterocycles. The van der Waals surface area contributed by atoms with Crippen LogP contribution in [0.25, 0.3) is 0 Å². The van der Waals surface area contributed by atoms with Crippen molar-refractivity contribution in [3.63, 3.8) is 0 Å². The number of carboxylic acids is 3. The van der Waals surface area contributed by atoms with Crippen molar-refractivity contribution in [2.75, 3.05) is 13.2 Å². The molecule has 9 atom stereocenters. The lowest BCUT2D eigenvalue weighted by Crippen LogP contribution is -2.62. The van der Waals surface area contributed by atoms with Crippen LogP contribution in [0.1, 0.15) is 106 Å². The van der Waals surface area contributed by atoms with Crippen molar-refractivity contribution in [1.82, 2.24) is 42.5 Å². The van der Waals surface area contributed by atoms with Crippen molar-refractivity contribution in [1.29, 1.82) is 0 Å². The number of carbonyl (C=O) groups excluding carboxylic acids is 8. The van der Waals surface area contributed by atoms with Crippen LogP contribution >= 0.6 is 0 Å². The lowest BCUT2D eigenvalue weighted by Gasteiger charge is -2.30. The molecule has 8 amide bonds. The number of hydrogen-bond acceptors (Lipinski definition) is 14. The number of benzene rings is 1. The van der Waals surface area contributed by atoms with Gasteiger partial charge in [0.05, 0.1) is 19.1 Å². The van der Waals surface area contributed by atoms with Gasteiger partial charge in [-0.05, 0) is 67.9 Å². The summed E-state index contributed by atoms with van der Waals surface area (Å²) in [7, 11) is 0. The van der Waals surface area contributed by atoms with Crippen molar-refractivity contribution in [2.45, 2.75) is 161 Å². The van der Waals surface area contributed by atoms with Gasteiger partial charge in [0.15, 0.2) is 0 Å². The zero-order chi connectivity index (χ0) is 55.7. The summed E-state index contributed by atoms with van der Waals surface area (Å²) >= 11 is 0. The van der Waals surface area contributed by atoms with E-state index in [0.717, 1.165) is 0 Å². The second kappa shape index (κ2) is 32.4. The van der Waals surface area contributed by atoms with Crippen molar-refractivity contribution >= 4 is 65.2 Å². The first-order chi connectivity index (χ1) is 34.1. The van der Waals surface area contributed by atoms with Gasteiger partial charge in [0.25, 0.3) is 0 Å². The van der Waals surface area contributed by atoms with E-state index in [0.29, 0.717) is 24.8 Å². The summed E-state index contributed by atoms with van der Waals surface area (Å²) < 4.78 is 0. The Morgan fingerprint density at radius 1 is 0.493 bits per heavy atom. The van der Waals surface area contributed by atoms with Gasteiger partial charge in [-0.1, -0.05) is 85.7 Å². The van der Waals surface area contributed by atoms with Crippen molar-refractivity contribution in [2.24, 2.45) is 35.1 Å². The van der Waals surface area contributed by atoms with E-state index < -0.39 is 163 Å². The first-order valence-corrected chi connectivity index (χ1v) is 24.3. The van der Waals surface area contributed by atoms with Crippen LogP contribution in [0.3, 0.4) is 0 Å². The Balaban J connectivity index is 3.47. The van der Waals surface area contributed by atoms with Gasteiger partial charge in [-0.25, -0.2) is 4.79 Å². The van der Waals surface area contributed by atoms with Crippen LogP contribution in [0.5, 0.6) is 0 Å². The number of aliphatic hydroxyl groups excluding tert-OH is 1. The average Bonchev–Trinajstić information content (AvgIpc) is 3.30. The summed E-state index contributed by atoms with van der Waals surface area (Å²) in [4.78, 5) is 145. The SMILES string of the molecule is CC(C)C[C@H](N)C(=O)N[C@@H](CCCCN)C(=O)N[C@@H](CCC(=O)O)C(=O)N[C@H](C(=O)N[C@@H](CC(=O)O)C(=O)N[C@H](C(=O)N[C@@H](Cc1ccccc1)C(=O)N[C@H](C(=O)N[C@@H](CO)C(=O)O)C(C)C)C(C)C)C(C)C. The molecule has 0 radical (unpaired) electrons. The van der Waals surface area contributed by atoms with Crippen LogP contribution in [0.2, 0.25) is 0 Å². The molecule has 73 heavy (non-hydrogen) atoms. The van der Waals surface area contributed by atoms with Gasteiger partial charge in [-0.3, -0.25) is 47.9 Å². The van der Waals surface area contributed by atoms with Crippen LogP contribution < -0.4 is 54.0 Å². The quantitative estimate of drug-likeness (QED) is 0.0332. The fourth-order valence-electron chi connectivity index (χ4n) is 7.24. The van der Waals surface area contributed by atoms with Gasteiger partial charge in [-0.2, -0.15) is 0 Å². The van der Waals surface area contributed by atoms with Gasteiger partial charge in [0.2, 0.25) is 47.3 Å². The van der Waals surface area contributed by atoms with E-state index in [1.165, 1.54) is 27.7 Å². The number of aliphatic hydroxyl groups is 1. The molecule has 410 valence electrons. The van der Waals surface area contributed by atoms with Gasteiger partial charge in [0, 0.05) is 12.8 Å². The largest absolute Gasteiger partial charge is 0.481 e. The molecular weight excluding hydrogens is 957 g/mol. The molecule has 0 unspecified atom stereocenters. The zero-order valence-electron chi connectivity index (χ0n) is 42.9. The number of nitrogens with two attached hydrogens (primary N) is 2. The normalized spacial score (nSPS) is 15.0. The summed E-state index contributed by atoms with van der Waals surface area (Å²) in [6.07, 6.45) is -0.957. The number of unbranched alkanes of at least 4 members (excludes halogenated alkanes) is 1. The molecule has 25 nitrogen and oxygen atoms in total. The zero-order valence-corrected chi connectivity index (χ0v) is 42.9. The molecule has 1 aromatic rings. The Hall–Kier alpha value is -6.73. The number of hydrogen-bond donors (Lipinski definition) is 14. The monoisotopic (exact) mass is 1030 g/mol. The van der Waals surface area contributed by atoms with Crippen molar-refractivity contribution in [3.8, 4) is 0 Å². The lowest BCUT2D eigenvalue weighted by atomic mass is 9.98. The molecule has 1 aromatic carbocycles. The average molecular weight is 1040 g/mol. The maximum Gasteiger partial charge on any atom is 0.328 e. The Kier molecular flexibility index (Phi) is 28.5. The third kappa shape index (κ3) is 23.6. The highest BCUT2D eigenvalue weighted by atomic mass is 16.4. The molecule has 0 fully saturated rings. The molecule has 0 aliphatic heterocycles. The summed E-state index contributed by atoms with van der Waals surface area (Å²) in [5, 5.41) is 57.7. The van der Waals surface area contributed by atoms with Gasteiger partial charge < -0.3 is 74.4 Å². The molecule has 0 aliphatic carbocycles. The summed E-state index contributed by atoms with van der Waals surface area (Å²) in [5.41, 5.74) is 12.2. The van der Waals surface area contributed by atoms with Gasteiger partial charge in [0.1, 0.15) is 48.3 Å². The van der Waals surface area contributed by atoms with Crippen LogP contribution in [0.15, 0.2) is 30.3 Å². The fourth-order valence-corrected chi connectivity index (χ4v) is 7.24. The number of rotatable bonds is 34. The predicted octanol–water partition coefficient (Wildman–Crippen LogP) is -2.01. The fraction of sp³-hybridized carbons (Fsp3) is 0.646. The van der Waals surface area contributed by atoms with Crippen molar-refractivity contribution < 1.29 is 73.2 Å². The summed E-state index contributed by atoms with van der Waals surface area (Å²) in [6, 6.07) is -4.67. The Bertz CT molecular complexity index is 2040. The van der Waals surface area contributed by atoms with Crippen LogP contribution in [-0.4, -0.2) is 153 Å². The molecule has 0 saturated carbocycles. The molecule has 0 heterocycles. The minimum atomic E-state index is -1.87. The highest BCUT2D eigenvalue weighted by Gasteiger charge is 2.37. The molecule has 0 aliphatic rings. The molecule has 1 rings (SSSR count). The third-order valence-corrected chi connectivity index (χ3v) is 11.4. The maximum atomic E-state index is 14.1. The second-order valence-electron chi connectivity index (χ2n) is 19.3. The van der Waals surface area contributed by atoms with Gasteiger partial charge >= 0.3 is 17.9 Å². The van der Waals surface area contributed by atoms with E-state index in [-0.39, 0.29) is 25.3 Å². The molecule has 0 aromatic heterocycles. The van der Waals surface area contributed by atoms with E-state index in [9.17, 15) is 73.2 Å². The molecule has 0 spiro atoms. The minimum absolute atomic E-state index is 0.0511. The van der Waals surface area contributed by atoms with Crippen molar-refractivity contribution in [3.05, 3.63) is 35.9 Å². The smallest absolute Gasteiger partial charge is 0.328 e. The first-order valence-electron chi connectivity index (χ1n) is 24.3. The molecular formula is C48H78N10O15. The van der Waals surface area contributed by atoms with E-state index in [1.54, 1.807) is 44.2 Å². The maximum absolute atomic E-state index is 14.1. The summed E-state index contributed by atoms with van der Waals surface area (Å²) in [6.45, 7) is 12.3. The Morgan fingerprint density at radius 2 is 0.904 bits per heavy atom. The van der Waals surface area contributed by atoms with E-state index >= 15 is 0 Å². The molecule has 0 bridgehead atoms.